The number of hydrogen-bond acceptors (Lipinski definition) is 3. The van der Waals surface area contributed by atoms with Gasteiger partial charge in [0.1, 0.15) is 10.8 Å². The first-order valence-electron chi connectivity index (χ1n) is 6.37. The summed E-state index contributed by atoms with van der Waals surface area (Å²) >= 11 is 7.32. The molecule has 1 aromatic heterocycles. The quantitative estimate of drug-likeness (QED) is 0.758. The highest BCUT2D eigenvalue weighted by Crippen LogP contribution is 2.31. The summed E-state index contributed by atoms with van der Waals surface area (Å²) in [4.78, 5) is 4.58. The Kier molecular flexibility index (Phi) is 4.01. The van der Waals surface area contributed by atoms with Crippen LogP contribution in [-0.2, 0) is 6.54 Å². The van der Waals surface area contributed by atoms with E-state index in [0.29, 0.717) is 6.54 Å². The lowest BCUT2D eigenvalue weighted by Crippen LogP contribution is -1.95. The minimum Gasteiger partial charge on any atom is -0.326 e. The van der Waals surface area contributed by atoms with Crippen molar-refractivity contribution in [1.82, 2.24) is 4.98 Å². The molecule has 3 aromatic rings. The van der Waals surface area contributed by atoms with E-state index >= 15 is 0 Å². The molecule has 0 saturated carbocycles. The Morgan fingerprint density at radius 1 is 1.10 bits per heavy atom. The van der Waals surface area contributed by atoms with Crippen molar-refractivity contribution in [3.63, 3.8) is 0 Å². The molecule has 0 bridgehead atoms. The first-order valence-corrected chi connectivity index (χ1v) is 7.63. The second-order valence-electron chi connectivity index (χ2n) is 4.57. The van der Waals surface area contributed by atoms with Crippen LogP contribution in [0.4, 0.5) is 4.39 Å². The number of nitrogens with two attached hydrogens (primary N) is 1. The van der Waals surface area contributed by atoms with E-state index in [1.54, 1.807) is 12.1 Å². The zero-order chi connectivity index (χ0) is 14.8. The lowest BCUT2D eigenvalue weighted by molar-refractivity contribution is 0.628. The molecule has 2 nitrogen and oxygen atoms in total. The van der Waals surface area contributed by atoms with E-state index in [1.807, 2.05) is 29.6 Å². The van der Waals surface area contributed by atoms with Gasteiger partial charge in [-0.2, -0.15) is 0 Å². The van der Waals surface area contributed by atoms with Crippen LogP contribution in [-0.4, -0.2) is 4.98 Å². The van der Waals surface area contributed by atoms with Crippen molar-refractivity contribution in [2.24, 2.45) is 5.73 Å². The van der Waals surface area contributed by atoms with Crippen molar-refractivity contribution in [3.05, 3.63) is 64.2 Å². The topological polar surface area (TPSA) is 38.9 Å². The van der Waals surface area contributed by atoms with Crippen LogP contribution < -0.4 is 5.73 Å². The number of aromatic nitrogens is 1. The Bertz CT molecular complexity index is 768. The fourth-order valence-electron chi connectivity index (χ4n) is 1.98. The number of halogens is 2. The number of thiazole rings is 1. The molecule has 106 valence electrons. The highest BCUT2D eigenvalue weighted by Gasteiger charge is 2.09. The van der Waals surface area contributed by atoms with E-state index in [-0.39, 0.29) is 5.02 Å². The number of rotatable bonds is 3. The SMILES string of the molecule is NCc1ccc(-c2csc(-c3ccc(F)c(Cl)c3)n2)cc1. The van der Waals surface area contributed by atoms with Crippen LogP contribution in [0.5, 0.6) is 0 Å². The van der Waals surface area contributed by atoms with Crippen LogP contribution in [0.15, 0.2) is 47.8 Å². The molecule has 0 aliphatic heterocycles. The molecule has 1 heterocycles. The summed E-state index contributed by atoms with van der Waals surface area (Å²) in [5.41, 5.74) is 9.41. The Balaban J connectivity index is 1.93. The Morgan fingerprint density at radius 3 is 2.48 bits per heavy atom. The third-order valence-corrected chi connectivity index (χ3v) is 4.34. The van der Waals surface area contributed by atoms with Gasteiger partial charge in [0, 0.05) is 23.1 Å². The van der Waals surface area contributed by atoms with Gasteiger partial charge < -0.3 is 5.73 Å². The van der Waals surface area contributed by atoms with Crippen LogP contribution in [0, 0.1) is 5.82 Å². The summed E-state index contributed by atoms with van der Waals surface area (Å²) < 4.78 is 13.2. The summed E-state index contributed by atoms with van der Waals surface area (Å²) in [5.74, 6) is -0.422. The van der Waals surface area contributed by atoms with Gasteiger partial charge in [-0.05, 0) is 23.8 Å². The monoisotopic (exact) mass is 318 g/mol. The average Bonchev–Trinajstić information content (AvgIpc) is 3.00. The molecule has 2 aromatic carbocycles. The highest BCUT2D eigenvalue weighted by molar-refractivity contribution is 7.13. The maximum Gasteiger partial charge on any atom is 0.141 e. The molecule has 0 unspecified atom stereocenters. The van der Waals surface area contributed by atoms with E-state index in [1.165, 1.54) is 17.4 Å². The summed E-state index contributed by atoms with van der Waals surface area (Å²) in [6, 6.07) is 12.6. The molecule has 0 radical (unpaired) electrons. The van der Waals surface area contributed by atoms with Crippen LogP contribution in [0.2, 0.25) is 5.02 Å². The summed E-state index contributed by atoms with van der Waals surface area (Å²) in [6.07, 6.45) is 0. The van der Waals surface area contributed by atoms with Gasteiger partial charge in [-0.25, -0.2) is 9.37 Å². The third kappa shape index (κ3) is 2.97. The molecule has 3 rings (SSSR count). The molecule has 0 aliphatic carbocycles. The molecule has 0 aliphatic rings. The van der Waals surface area contributed by atoms with Crippen molar-refractivity contribution in [2.45, 2.75) is 6.54 Å². The molecular formula is C16H12ClFN2S. The number of nitrogens with zero attached hydrogens (tertiary/aromatic N) is 1. The van der Waals surface area contributed by atoms with E-state index in [2.05, 4.69) is 4.98 Å². The second kappa shape index (κ2) is 5.93. The highest BCUT2D eigenvalue weighted by atomic mass is 35.5. The van der Waals surface area contributed by atoms with Gasteiger partial charge in [-0.15, -0.1) is 11.3 Å². The fraction of sp³-hybridized carbons (Fsp3) is 0.0625. The molecule has 5 heteroatoms. The Hall–Kier alpha value is -1.75. The summed E-state index contributed by atoms with van der Waals surface area (Å²) in [5, 5.41) is 2.90. The van der Waals surface area contributed by atoms with Crippen molar-refractivity contribution >= 4 is 22.9 Å². The van der Waals surface area contributed by atoms with Gasteiger partial charge in [-0.3, -0.25) is 0 Å². The Labute approximate surface area is 131 Å². The van der Waals surface area contributed by atoms with Crippen LogP contribution >= 0.6 is 22.9 Å². The molecule has 0 atom stereocenters. The van der Waals surface area contributed by atoms with Crippen molar-refractivity contribution < 1.29 is 4.39 Å². The zero-order valence-corrected chi connectivity index (χ0v) is 12.6. The average molecular weight is 319 g/mol. The number of hydrogen-bond donors (Lipinski definition) is 1. The van der Waals surface area contributed by atoms with Gasteiger partial charge in [0.05, 0.1) is 10.7 Å². The molecular weight excluding hydrogens is 307 g/mol. The van der Waals surface area contributed by atoms with Crippen molar-refractivity contribution in [2.75, 3.05) is 0 Å². The van der Waals surface area contributed by atoms with Gasteiger partial charge in [0.2, 0.25) is 0 Å². The Morgan fingerprint density at radius 2 is 1.81 bits per heavy atom. The van der Waals surface area contributed by atoms with E-state index in [9.17, 15) is 4.39 Å². The predicted molar refractivity (Wildman–Crippen MR) is 85.8 cm³/mol. The first kappa shape index (κ1) is 14.2. The van der Waals surface area contributed by atoms with Gasteiger partial charge >= 0.3 is 0 Å². The normalized spacial score (nSPS) is 10.8. The fourth-order valence-corrected chi connectivity index (χ4v) is 2.99. The van der Waals surface area contributed by atoms with E-state index in [4.69, 9.17) is 17.3 Å². The summed E-state index contributed by atoms with van der Waals surface area (Å²) in [7, 11) is 0. The molecule has 0 amide bonds. The van der Waals surface area contributed by atoms with Gasteiger partial charge in [-0.1, -0.05) is 35.9 Å². The standard InChI is InChI=1S/C16H12ClFN2S/c17-13-7-12(5-6-14(13)18)16-20-15(9-21-16)11-3-1-10(8-19)2-4-11/h1-7,9H,8,19H2. The third-order valence-electron chi connectivity index (χ3n) is 3.16. The lowest BCUT2D eigenvalue weighted by Gasteiger charge is -2.00. The molecule has 0 saturated heterocycles. The first-order chi connectivity index (χ1) is 10.2. The molecule has 21 heavy (non-hydrogen) atoms. The molecule has 0 fully saturated rings. The van der Waals surface area contributed by atoms with Crippen molar-refractivity contribution in [3.8, 4) is 21.8 Å². The molecule has 2 N–H and O–H groups in total. The zero-order valence-electron chi connectivity index (χ0n) is 11.0. The lowest BCUT2D eigenvalue weighted by atomic mass is 10.1. The maximum absolute atomic E-state index is 13.2. The second-order valence-corrected chi connectivity index (χ2v) is 5.83. The van der Waals surface area contributed by atoms with Crippen molar-refractivity contribution in [1.29, 1.82) is 0 Å². The minimum atomic E-state index is -0.422. The predicted octanol–water partition coefficient (Wildman–Crippen LogP) is 4.73. The van der Waals surface area contributed by atoms with Crippen LogP contribution in [0.3, 0.4) is 0 Å². The number of benzene rings is 2. The summed E-state index contributed by atoms with van der Waals surface area (Å²) in [6.45, 7) is 0.524. The largest absolute Gasteiger partial charge is 0.326 e. The van der Waals surface area contributed by atoms with E-state index in [0.717, 1.165) is 27.4 Å². The van der Waals surface area contributed by atoms with Crippen LogP contribution in [0.1, 0.15) is 5.56 Å². The van der Waals surface area contributed by atoms with Gasteiger partial charge in [0.25, 0.3) is 0 Å². The maximum atomic E-state index is 13.2. The molecule has 0 spiro atoms. The van der Waals surface area contributed by atoms with Gasteiger partial charge in [0.15, 0.2) is 0 Å². The minimum absolute atomic E-state index is 0.108. The van der Waals surface area contributed by atoms with Crippen LogP contribution in [0.25, 0.3) is 21.8 Å². The smallest absolute Gasteiger partial charge is 0.141 e. The van der Waals surface area contributed by atoms with E-state index < -0.39 is 5.82 Å².